The van der Waals surface area contributed by atoms with E-state index in [1.807, 2.05) is 30.6 Å². The highest BCUT2D eigenvalue weighted by atomic mass is 32.2. The fourth-order valence-corrected chi connectivity index (χ4v) is 5.57. The quantitative estimate of drug-likeness (QED) is 0.375. The summed E-state index contributed by atoms with van der Waals surface area (Å²) in [4.78, 5) is 40.2. The molecule has 0 bridgehead atoms. The van der Waals surface area contributed by atoms with Crippen molar-refractivity contribution in [3.8, 4) is 0 Å². The second-order valence-corrected chi connectivity index (χ2v) is 10.2. The van der Waals surface area contributed by atoms with Crippen LogP contribution in [0.3, 0.4) is 0 Å². The van der Waals surface area contributed by atoms with E-state index in [-0.39, 0.29) is 22.2 Å². The molecule has 0 N–H and O–H groups in total. The van der Waals surface area contributed by atoms with Crippen LogP contribution in [0.5, 0.6) is 0 Å². The first kappa shape index (κ1) is 25.3. The van der Waals surface area contributed by atoms with Gasteiger partial charge in [-0.15, -0.1) is 4.73 Å². The number of nitrogens with zero attached hydrogens (tertiary/aromatic N) is 5. The summed E-state index contributed by atoms with van der Waals surface area (Å²) in [5, 5.41) is 0.305. The Bertz CT molecular complexity index is 1510. The van der Waals surface area contributed by atoms with Gasteiger partial charge in [-0.1, -0.05) is 18.2 Å². The summed E-state index contributed by atoms with van der Waals surface area (Å²) >= 11 is 1.50. The van der Waals surface area contributed by atoms with E-state index < -0.39 is 17.7 Å². The number of hydrogen-bond acceptors (Lipinski definition) is 7. The summed E-state index contributed by atoms with van der Waals surface area (Å²) < 4.78 is 41.1. The number of fused-ring (bicyclic) bond motifs is 2. The predicted octanol–water partition coefficient (Wildman–Crippen LogP) is 3.77. The van der Waals surface area contributed by atoms with Gasteiger partial charge in [-0.25, -0.2) is 14.8 Å². The standard InChI is InChI=1S/C25H24F3N5O3S/c1-16-5-4-6-19-22(16)30-21(33(23(19)34)36-24(35)25(26,27)28)15-37-18-8-11-31(12-9-18)14-17-13-29-20-7-2-3-10-32(17)20/h2-7,10,13,18H,8-9,11-12,14-15H2,1H3. The van der Waals surface area contributed by atoms with Gasteiger partial charge in [-0.05, 0) is 56.6 Å². The molecule has 1 aliphatic heterocycles. The summed E-state index contributed by atoms with van der Waals surface area (Å²) in [5.74, 6) is -2.36. The van der Waals surface area contributed by atoms with Crippen LogP contribution in [0.4, 0.5) is 13.2 Å². The van der Waals surface area contributed by atoms with Crippen LogP contribution in [0, 0.1) is 6.92 Å². The first-order valence-electron chi connectivity index (χ1n) is 11.8. The molecule has 1 aromatic carbocycles. The van der Waals surface area contributed by atoms with Gasteiger partial charge < -0.3 is 9.24 Å². The van der Waals surface area contributed by atoms with Crippen molar-refractivity contribution < 1.29 is 22.8 Å². The Balaban J connectivity index is 1.28. The smallest absolute Gasteiger partial charge is 0.323 e. The minimum Gasteiger partial charge on any atom is -0.323 e. The second-order valence-electron chi connectivity index (χ2n) is 8.94. The molecule has 0 aliphatic carbocycles. The SMILES string of the molecule is Cc1cccc2c(=O)n(OC(=O)C(F)(F)F)c(CSC3CCN(Cc4cnc5ccccn45)CC3)nc12. The number of carbonyl (C=O) groups is 1. The van der Waals surface area contributed by atoms with E-state index in [4.69, 9.17) is 0 Å². The highest BCUT2D eigenvalue weighted by Crippen LogP contribution is 2.27. The number of thioether (sulfide) groups is 1. The number of piperidine rings is 1. The molecule has 8 nitrogen and oxygen atoms in total. The molecule has 3 aromatic heterocycles. The highest BCUT2D eigenvalue weighted by molar-refractivity contribution is 7.99. The molecule has 5 rings (SSSR count). The van der Waals surface area contributed by atoms with Crippen molar-refractivity contribution in [3.63, 3.8) is 0 Å². The van der Waals surface area contributed by atoms with Crippen molar-refractivity contribution in [2.75, 3.05) is 13.1 Å². The van der Waals surface area contributed by atoms with E-state index in [0.717, 1.165) is 43.8 Å². The first-order valence-corrected chi connectivity index (χ1v) is 12.8. The van der Waals surface area contributed by atoms with E-state index in [1.54, 1.807) is 19.1 Å². The Hall–Kier alpha value is -3.38. The summed E-state index contributed by atoms with van der Waals surface area (Å²) in [6.45, 7) is 4.22. The average Bonchev–Trinajstić information content (AvgIpc) is 3.28. The van der Waals surface area contributed by atoms with Crippen LogP contribution >= 0.6 is 11.8 Å². The number of rotatable bonds is 6. The molecule has 0 saturated carbocycles. The van der Waals surface area contributed by atoms with Crippen molar-refractivity contribution in [3.05, 3.63) is 76.2 Å². The lowest BCUT2D eigenvalue weighted by Crippen LogP contribution is -2.40. The first-order chi connectivity index (χ1) is 17.7. The van der Waals surface area contributed by atoms with Crippen molar-refractivity contribution in [2.24, 2.45) is 0 Å². The summed E-state index contributed by atoms with van der Waals surface area (Å²) in [7, 11) is 0. The molecule has 0 spiro atoms. The molecule has 1 saturated heterocycles. The molecule has 0 amide bonds. The van der Waals surface area contributed by atoms with Crippen molar-refractivity contribution >= 4 is 34.3 Å². The van der Waals surface area contributed by atoms with Gasteiger partial charge in [0.15, 0.2) is 5.82 Å². The summed E-state index contributed by atoms with van der Waals surface area (Å²) in [5.41, 5.74) is 2.25. The third kappa shape index (κ3) is 5.35. The van der Waals surface area contributed by atoms with Crippen molar-refractivity contribution in [1.82, 2.24) is 24.0 Å². The largest absolute Gasteiger partial charge is 0.493 e. The maximum Gasteiger partial charge on any atom is 0.493 e. The predicted molar refractivity (Wildman–Crippen MR) is 133 cm³/mol. The lowest BCUT2D eigenvalue weighted by atomic mass is 10.1. The molecule has 4 heterocycles. The molecular weight excluding hydrogens is 507 g/mol. The Kier molecular flexibility index (Phi) is 6.95. The number of imidazole rings is 1. The number of alkyl halides is 3. The van der Waals surface area contributed by atoms with Crippen LogP contribution in [0.2, 0.25) is 0 Å². The summed E-state index contributed by atoms with van der Waals surface area (Å²) in [6, 6.07) is 10.7. The number of aryl methyl sites for hydroxylation is 1. The van der Waals surface area contributed by atoms with Gasteiger partial charge in [0.05, 0.1) is 28.5 Å². The molecule has 1 fully saturated rings. The third-order valence-corrected chi connectivity index (χ3v) is 7.76. The molecule has 0 unspecified atom stereocenters. The number of pyridine rings is 1. The fraction of sp³-hybridized carbons (Fsp3) is 0.360. The van der Waals surface area contributed by atoms with Crippen LogP contribution in [0.15, 0.2) is 53.6 Å². The molecule has 4 aromatic rings. The average molecular weight is 532 g/mol. The number of benzene rings is 1. The topological polar surface area (TPSA) is 81.7 Å². The van der Waals surface area contributed by atoms with Gasteiger partial charge in [0.2, 0.25) is 0 Å². The van der Waals surface area contributed by atoms with E-state index in [0.29, 0.717) is 15.8 Å². The number of aromatic nitrogens is 4. The van der Waals surface area contributed by atoms with Crippen LogP contribution in [0.1, 0.15) is 29.9 Å². The Morgan fingerprint density at radius 1 is 1.16 bits per heavy atom. The molecule has 0 atom stereocenters. The zero-order chi connectivity index (χ0) is 26.2. The number of halogens is 3. The fourth-order valence-electron chi connectivity index (χ4n) is 4.46. The van der Waals surface area contributed by atoms with Crippen molar-refractivity contribution in [1.29, 1.82) is 0 Å². The Morgan fingerprint density at radius 2 is 1.95 bits per heavy atom. The molecule has 37 heavy (non-hydrogen) atoms. The minimum atomic E-state index is -5.24. The van der Waals surface area contributed by atoms with Gasteiger partial charge in [0, 0.05) is 18.0 Å². The number of carbonyl (C=O) groups excluding carboxylic acids is 1. The number of para-hydroxylation sites is 1. The normalized spacial score (nSPS) is 15.5. The van der Waals surface area contributed by atoms with Gasteiger partial charge in [0.25, 0.3) is 5.56 Å². The van der Waals surface area contributed by atoms with E-state index >= 15 is 0 Å². The monoisotopic (exact) mass is 531 g/mol. The van der Waals surface area contributed by atoms with Crippen LogP contribution in [-0.2, 0) is 17.1 Å². The maximum absolute atomic E-state index is 13.0. The third-order valence-electron chi connectivity index (χ3n) is 6.40. The molecular formula is C25H24F3N5O3S. The van der Waals surface area contributed by atoms with E-state index in [9.17, 15) is 22.8 Å². The Labute approximate surface area is 214 Å². The van der Waals surface area contributed by atoms with Gasteiger partial charge >= 0.3 is 12.1 Å². The zero-order valence-corrected chi connectivity index (χ0v) is 20.8. The maximum atomic E-state index is 13.0. The van der Waals surface area contributed by atoms with Gasteiger partial charge in [-0.2, -0.15) is 24.9 Å². The molecule has 0 radical (unpaired) electrons. The molecule has 12 heteroatoms. The summed E-state index contributed by atoms with van der Waals surface area (Å²) in [6.07, 6.45) is 0.356. The van der Waals surface area contributed by atoms with E-state index in [1.165, 1.54) is 17.8 Å². The van der Waals surface area contributed by atoms with E-state index in [2.05, 4.69) is 24.1 Å². The number of hydrogen-bond donors (Lipinski definition) is 0. The lowest BCUT2D eigenvalue weighted by molar-refractivity contribution is -0.200. The number of likely N-dealkylation sites (tertiary alicyclic amines) is 1. The van der Waals surface area contributed by atoms with Crippen LogP contribution < -0.4 is 10.4 Å². The Morgan fingerprint density at radius 3 is 2.70 bits per heavy atom. The second kappa shape index (κ2) is 10.2. The molecule has 1 aliphatic rings. The van der Waals surface area contributed by atoms with Crippen LogP contribution in [0.25, 0.3) is 16.6 Å². The minimum absolute atomic E-state index is 0.0254. The zero-order valence-electron chi connectivity index (χ0n) is 19.9. The lowest BCUT2D eigenvalue weighted by Gasteiger charge is -2.31. The molecule has 194 valence electrons. The highest BCUT2D eigenvalue weighted by Gasteiger charge is 2.42. The van der Waals surface area contributed by atoms with Crippen molar-refractivity contribution in [2.45, 2.75) is 43.5 Å². The van der Waals surface area contributed by atoms with Crippen LogP contribution in [-0.4, -0.2) is 54.5 Å². The van der Waals surface area contributed by atoms with Gasteiger partial charge in [-0.3, -0.25) is 9.69 Å². The van der Waals surface area contributed by atoms with Gasteiger partial charge in [0.1, 0.15) is 5.65 Å².